The Hall–Kier alpha value is -0.770. The lowest BCUT2D eigenvalue weighted by Gasteiger charge is -2.18. The van der Waals surface area contributed by atoms with Crippen LogP contribution in [0.15, 0.2) is 12.1 Å². The maximum absolute atomic E-state index is 6.18. The largest absolute Gasteiger partial charge is 0.496 e. The van der Waals surface area contributed by atoms with Crippen molar-refractivity contribution in [1.29, 1.82) is 0 Å². The summed E-state index contributed by atoms with van der Waals surface area (Å²) in [6.45, 7) is 2.75. The highest BCUT2D eigenvalue weighted by atomic mass is 35.5. The van der Waals surface area contributed by atoms with Crippen LogP contribution in [-0.2, 0) is 0 Å². The third-order valence-electron chi connectivity index (χ3n) is 3.08. The van der Waals surface area contributed by atoms with E-state index in [1.807, 2.05) is 19.1 Å². The molecule has 0 bridgehead atoms. The number of hydrogen-bond acceptors (Lipinski definition) is 3. The zero-order valence-corrected chi connectivity index (χ0v) is 11.1. The summed E-state index contributed by atoms with van der Waals surface area (Å²) in [4.78, 5) is 0. The summed E-state index contributed by atoms with van der Waals surface area (Å²) in [5.74, 6) is 0.847. The van der Waals surface area contributed by atoms with Crippen molar-refractivity contribution in [2.24, 2.45) is 5.73 Å². The van der Waals surface area contributed by atoms with Gasteiger partial charge < -0.3 is 15.8 Å². The van der Waals surface area contributed by atoms with Crippen molar-refractivity contribution in [2.75, 3.05) is 13.7 Å². The fourth-order valence-electron chi connectivity index (χ4n) is 2.00. The van der Waals surface area contributed by atoms with Gasteiger partial charge in [-0.25, -0.2) is 0 Å². The summed E-state index contributed by atoms with van der Waals surface area (Å²) >= 11 is 6.07. The Morgan fingerprint density at radius 2 is 2.24 bits per heavy atom. The highest BCUT2D eigenvalue weighted by molar-refractivity contribution is 6.30. The zero-order chi connectivity index (χ0) is 12.4. The fraction of sp³-hybridized carbons (Fsp3) is 0.538. The van der Waals surface area contributed by atoms with Gasteiger partial charge in [0.1, 0.15) is 5.75 Å². The first kappa shape index (κ1) is 12.7. The highest BCUT2D eigenvalue weighted by Crippen LogP contribution is 2.31. The molecule has 0 radical (unpaired) electrons. The van der Waals surface area contributed by atoms with Crippen LogP contribution in [0.5, 0.6) is 5.75 Å². The van der Waals surface area contributed by atoms with Gasteiger partial charge in [-0.1, -0.05) is 11.6 Å². The molecule has 0 saturated heterocycles. The standard InChI is InChI=1S/C13H19ClN2O/c1-8-5-9(14)6-11(13(8)17-2)12(15)7-16-10-3-4-10/h5-6,10,12,16H,3-4,7,15H2,1-2H3. The van der Waals surface area contributed by atoms with Gasteiger partial charge in [0, 0.05) is 29.2 Å². The molecule has 1 aromatic rings. The van der Waals surface area contributed by atoms with Crippen LogP contribution in [0.2, 0.25) is 5.02 Å². The molecule has 0 spiro atoms. The van der Waals surface area contributed by atoms with Gasteiger partial charge >= 0.3 is 0 Å². The van der Waals surface area contributed by atoms with Crippen molar-refractivity contribution in [2.45, 2.75) is 31.8 Å². The average Bonchev–Trinajstić information content (AvgIpc) is 3.08. The van der Waals surface area contributed by atoms with Gasteiger partial charge in [-0.05, 0) is 37.5 Å². The number of aryl methyl sites for hydroxylation is 1. The lowest BCUT2D eigenvalue weighted by Crippen LogP contribution is -2.28. The van der Waals surface area contributed by atoms with E-state index in [2.05, 4.69) is 5.32 Å². The molecule has 17 heavy (non-hydrogen) atoms. The summed E-state index contributed by atoms with van der Waals surface area (Å²) < 4.78 is 5.41. The molecule has 1 unspecified atom stereocenters. The molecule has 0 amide bonds. The molecule has 1 aliphatic carbocycles. The first-order valence-electron chi connectivity index (χ1n) is 5.95. The predicted molar refractivity (Wildman–Crippen MR) is 70.7 cm³/mol. The Morgan fingerprint density at radius 1 is 1.53 bits per heavy atom. The SMILES string of the molecule is COc1c(C)cc(Cl)cc1C(N)CNC1CC1. The van der Waals surface area contributed by atoms with E-state index in [1.165, 1.54) is 12.8 Å². The molecule has 1 aliphatic rings. The molecule has 0 aliphatic heterocycles. The lowest BCUT2D eigenvalue weighted by atomic mass is 10.0. The van der Waals surface area contributed by atoms with Gasteiger partial charge in [-0.15, -0.1) is 0 Å². The molecule has 1 fully saturated rings. The van der Waals surface area contributed by atoms with Crippen LogP contribution in [0.25, 0.3) is 0 Å². The Labute approximate surface area is 107 Å². The molecular weight excluding hydrogens is 236 g/mol. The average molecular weight is 255 g/mol. The van der Waals surface area contributed by atoms with E-state index in [-0.39, 0.29) is 6.04 Å². The molecule has 1 atom stereocenters. The van der Waals surface area contributed by atoms with E-state index in [0.29, 0.717) is 11.1 Å². The zero-order valence-electron chi connectivity index (χ0n) is 10.3. The van der Waals surface area contributed by atoms with Crippen LogP contribution >= 0.6 is 11.6 Å². The lowest BCUT2D eigenvalue weighted by molar-refractivity contribution is 0.401. The van der Waals surface area contributed by atoms with E-state index in [4.69, 9.17) is 22.1 Å². The number of benzene rings is 1. The Bertz CT molecular complexity index is 405. The maximum atomic E-state index is 6.18. The Kier molecular flexibility index (Phi) is 3.92. The van der Waals surface area contributed by atoms with E-state index in [1.54, 1.807) is 7.11 Å². The van der Waals surface area contributed by atoms with Gasteiger partial charge in [0.05, 0.1) is 7.11 Å². The molecule has 3 nitrogen and oxygen atoms in total. The maximum Gasteiger partial charge on any atom is 0.126 e. The molecule has 2 rings (SSSR count). The van der Waals surface area contributed by atoms with Crippen molar-refractivity contribution < 1.29 is 4.74 Å². The van der Waals surface area contributed by atoms with Crippen LogP contribution < -0.4 is 15.8 Å². The van der Waals surface area contributed by atoms with Crippen LogP contribution in [0, 0.1) is 6.92 Å². The fourth-order valence-corrected chi connectivity index (χ4v) is 2.28. The molecule has 0 aromatic heterocycles. The van der Waals surface area contributed by atoms with Gasteiger partial charge in [-0.3, -0.25) is 0 Å². The van der Waals surface area contributed by atoms with Crippen LogP contribution in [0.3, 0.4) is 0 Å². The number of rotatable bonds is 5. The molecule has 94 valence electrons. The predicted octanol–water partition coefficient (Wildman–Crippen LogP) is 2.41. The molecule has 0 heterocycles. The van der Waals surface area contributed by atoms with E-state index >= 15 is 0 Å². The Morgan fingerprint density at radius 3 is 2.82 bits per heavy atom. The van der Waals surface area contributed by atoms with Gasteiger partial charge in [-0.2, -0.15) is 0 Å². The summed E-state index contributed by atoms with van der Waals surface area (Å²) in [5.41, 5.74) is 8.19. The van der Waals surface area contributed by atoms with Crippen molar-refractivity contribution in [3.63, 3.8) is 0 Å². The first-order chi connectivity index (χ1) is 8.11. The van der Waals surface area contributed by atoms with Crippen LogP contribution in [-0.4, -0.2) is 19.7 Å². The van der Waals surface area contributed by atoms with Crippen molar-refractivity contribution in [3.05, 3.63) is 28.3 Å². The summed E-state index contributed by atoms with van der Waals surface area (Å²) in [7, 11) is 1.67. The van der Waals surface area contributed by atoms with Gasteiger partial charge in [0.15, 0.2) is 0 Å². The highest BCUT2D eigenvalue weighted by Gasteiger charge is 2.22. The monoisotopic (exact) mass is 254 g/mol. The molecule has 1 saturated carbocycles. The first-order valence-corrected chi connectivity index (χ1v) is 6.32. The number of methoxy groups -OCH3 is 1. The number of nitrogens with one attached hydrogen (secondary N) is 1. The smallest absolute Gasteiger partial charge is 0.126 e. The minimum atomic E-state index is -0.0806. The van der Waals surface area contributed by atoms with Crippen molar-refractivity contribution >= 4 is 11.6 Å². The number of ether oxygens (including phenoxy) is 1. The second kappa shape index (κ2) is 5.25. The van der Waals surface area contributed by atoms with Crippen LogP contribution in [0.4, 0.5) is 0 Å². The quantitative estimate of drug-likeness (QED) is 0.848. The van der Waals surface area contributed by atoms with Crippen molar-refractivity contribution in [1.82, 2.24) is 5.32 Å². The number of hydrogen-bond donors (Lipinski definition) is 2. The molecule has 4 heteroatoms. The summed E-state index contributed by atoms with van der Waals surface area (Å²) in [6, 6.07) is 4.37. The second-order valence-corrected chi connectivity index (χ2v) is 5.07. The summed E-state index contributed by atoms with van der Waals surface area (Å²) in [5, 5.41) is 4.13. The third kappa shape index (κ3) is 3.12. The van der Waals surface area contributed by atoms with Crippen LogP contribution in [0.1, 0.15) is 30.0 Å². The van der Waals surface area contributed by atoms with Crippen molar-refractivity contribution in [3.8, 4) is 5.75 Å². The minimum Gasteiger partial charge on any atom is -0.496 e. The topological polar surface area (TPSA) is 47.3 Å². The number of halogens is 1. The molecular formula is C13H19ClN2O. The summed E-state index contributed by atoms with van der Waals surface area (Å²) in [6.07, 6.45) is 2.52. The minimum absolute atomic E-state index is 0.0806. The molecule has 3 N–H and O–H groups in total. The Balaban J connectivity index is 2.15. The number of nitrogens with two attached hydrogens (primary N) is 1. The second-order valence-electron chi connectivity index (χ2n) is 4.63. The third-order valence-corrected chi connectivity index (χ3v) is 3.29. The molecule has 1 aromatic carbocycles. The normalized spacial score (nSPS) is 16.9. The van der Waals surface area contributed by atoms with E-state index in [9.17, 15) is 0 Å². The van der Waals surface area contributed by atoms with E-state index < -0.39 is 0 Å². The van der Waals surface area contributed by atoms with E-state index in [0.717, 1.165) is 23.4 Å². The van der Waals surface area contributed by atoms with Gasteiger partial charge in [0.2, 0.25) is 0 Å². The van der Waals surface area contributed by atoms with Gasteiger partial charge in [0.25, 0.3) is 0 Å².